The van der Waals surface area contributed by atoms with Crippen LogP contribution >= 0.6 is 0 Å². The number of para-hydroxylation sites is 2. The Hall–Kier alpha value is -6.32. The fourth-order valence-corrected chi connectivity index (χ4v) is 4.46. The molecule has 5 rings (SSSR count). The van der Waals surface area contributed by atoms with Crippen molar-refractivity contribution < 1.29 is 19.7 Å². The smallest absolute Gasteiger partial charge is 0.299 e. The SMILES string of the molecule is Cc1cc2[nH]c3cc([nH]c4ccccc4[nH]c4cc([nH]c2cc1C)c([N+](=O)[O-])cc4[N+](=O)[O-])c([N+](=O)[O-])cc3[N+](=O)[O-]. The zero-order valence-electron chi connectivity index (χ0n) is 21.8. The van der Waals surface area contributed by atoms with Gasteiger partial charge in [-0.2, -0.15) is 0 Å². The molecule has 4 bridgehead atoms. The summed E-state index contributed by atoms with van der Waals surface area (Å²) >= 11 is 0. The second-order valence-electron chi connectivity index (χ2n) is 9.33. The summed E-state index contributed by atoms with van der Waals surface area (Å²) in [5, 5.41) is 47.9. The van der Waals surface area contributed by atoms with E-state index in [0.717, 1.165) is 23.3 Å². The number of fused-ring (bicyclic) bond motifs is 6. The van der Waals surface area contributed by atoms with Crippen molar-refractivity contribution in [1.82, 2.24) is 19.9 Å². The van der Waals surface area contributed by atoms with Crippen LogP contribution < -0.4 is 0 Å². The predicted molar refractivity (Wildman–Crippen MR) is 154 cm³/mol. The summed E-state index contributed by atoms with van der Waals surface area (Å²) in [4.78, 5) is 56.5. The van der Waals surface area contributed by atoms with Gasteiger partial charge in [0, 0.05) is 0 Å². The lowest BCUT2D eigenvalue weighted by molar-refractivity contribution is -0.392. The van der Waals surface area contributed by atoms with Gasteiger partial charge in [-0.05, 0) is 61.4 Å². The number of nitrogens with zero attached hydrogens (tertiary/aromatic N) is 4. The number of nitro benzene ring substituents is 4. The van der Waals surface area contributed by atoms with Crippen LogP contribution in [-0.4, -0.2) is 39.6 Å². The molecule has 42 heavy (non-hydrogen) atoms. The minimum Gasteiger partial charge on any atom is -0.348 e. The first-order valence-electron chi connectivity index (χ1n) is 12.1. The van der Waals surface area contributed by atoms with Gasteiger partial charge in [-0.1, -0.05) is 12.1 Å². The Bertz CT molecular complexity index is 2000. The van der Waals surface area contributed by atoms with Gasteiger partial charge in [0.1, 0.15) is 22.1 Å². The van der Waals surface area contributed by atoms with Crippen molar-refractivity contribution in [2.45, 2.75) is 13.8 Å². The number of benzene rings is 4. The van der Waals surface area contributed by atoms with Gasteiger partial charge in [0.15, 0.2) is 0 Å². The summed E-state index contributed by atoms with van der Waals surface area (Å²) in [5.41, 5.74) is -0.248. The number of hydrogen-bond acceptors (Lipinski definition) is 8. The number of aryl methyl sites for hydroxylation is 2. The molecule has 0 fully saturated rings. The number of nitrogens with one attached hydrogen (secondary N) is 4. The third kappa shape index (κ3) is 5.02. The zero-order chi connectivity index (χ0) is 30.3. The van der Waals surface area contributed by atoms with E-state index < -0.39 is 42.4 Å². The fourth-order valence-electron chi connectivity index (χ4n) is 4.46. The van der Waals surface area contributed by atoms with Crippen LogP contribution in [-0.2, 0) is 0 Å². The lowest BCUT2D eigenvalue weighted by Crippen LogP contribution is -1.97. The van der Waals surface area contributed by atoms with Gasteiger partial charge >= 0.3 is 0 Å². The molecule has 0 spiro atoms. The normalized spacial score (nSPS) is 10.9. The number of aromatic amines is 4. The highest BCUT2D eigenvalue weighted by atomic mass is 16.6. The number of nitro groups is 4. The Balaban J connectivity index is 2.18. The van der Waals surface area contributed by atoms with E-state index in [1.807, 2.05) is 0 Å². The Labute approximate surface area is 232 Å². The lowest BCUT2D eigenvalue weighted by atomic mass is 10.1. The van der Waals surface area contributed by atoms with E-state index in [4.69, 9.17) is 0 Å². The second kappa shape index (κ2) is 10.3. The predicted octanol–water partition coefficient (Wildman–Crippen LogP) is 6.67. The third-order valence-electron chi connectivity index (χ3n) is 6.65. The minimum atomic E-state index is -0.769. The molecule has 16 nitrogen and oxygen atoms in total. The van der Waals surface area contributed by atoms with Crippen LogP contribution in [0.4, 0.5) is 22.7 Å². The van der Waals surface area contributed by atoms with Gasteiger partial charge < -0.3 is 19.9 Å². The van der Waals surface area contributed by atoms with E-state index in [-0.39, 0.29) is 44.1 Å². The van der Waals surface area contributed by atoms with Gasteiger partial charge in [-0.25, -0.2) is 0 Å². The maximum absolute atomic E-state index is 12.0. The molecule has 1 heterocycles. The monoisotopic (exact) mass is 572 g/mol. The molecule has 212 valence electrons. The quantitative estimate of drug-likeness (QED) is 0.134. The summed E-state index contributed by atoms with van der Waals surface area (Å²) < 4.78 is 0. The molecule has 0 atom stereocenters. The minimum absolute atomic E-state index is 0.0965. The van der Waals surface area contributed by atoms with E-state index in [2.05, 4.69) is 19.9 Å². The van der Waals surface area contributed by atoms with Gasteiger partial charge in [0.05, 0.1) is 53.9 Å². The molecule has 1 aromatic heterocycles. The highest BCUT2D eigenvalue weighted by Crippen LogP contribution is 2.31. The molecular formula is C26H20N8O8. The fraction of sp³-hybridized carbons (Fsp3) is 0.0769. The van der Waals surface area contributed by atoms with Crippen molar-refractivity contribution in [3.05, 3.63) is 112 Å². The molecule has 4 N–H and O–H groups in total. The number of hydrogen-bond donors (Lipinski definition) is 4. The first-order valence-corrected chi connectivity index (χ1v) is 12.1. The van der Waals surface area contributed by atoms with Crippen LogP contribution in [0.3, 0.4) is 0 Å². The van der Waals surface area contributed by atoms with Crippen molar-refractivity contribution in [1.29, 1.82) is 0 Å². The Kier molecular flexibility index (Phi) is 6.71. The molecule has 0 amide bonds. The van der Waals surface area contributed by atoms with E-state index in [0.29, 0.717) is 0 Å². The summed E-state index contributed by atoms with van der Waals surface area (Å²) in [6, 6.07) is 13.6. The number of H-pyrrole nitrogens is 4. The molecule has 4 aromatic carbocycles. The van der Waals surface area contributed by atoms with E-state index in [1.165, 1.54) is 24.3 Å². The number of rotatable bonds is 4. The van der Waals surface area contributed by atoms with Crippen molar-refractivity contribution in [3.63, 3.8) is 0 Å². The number of aromatic nitrogens is 4. The molecule has 5 aromatic rings. The average Bonchev–Trinajstić information content (AvgIpc) is 2.91. The van der Waals surface area contributed by atoms with Gasteiger partial charge in [0.2, 0.25) is 0 Å². The van der Waals surface area contributed by atoms with Crippen molar-refractivity contribution >= 4 is 66.9 Å². The molecule has 16 heteroatoms. The van der Waals surface area contributed by atoms with Crippen LogP contribution in [0.25, 0.3) is 44.1 Å². The van der Waals surface area contributed by atoms with Crippen LogP contribution in [0.2, 0.25) is 0 Å². The summed E-state index contributed by atoms with van der Waals surface area (Å²) in [5.74, 6) is 0. The summed E-state index contributed by atoms with van der Waals surface area (Å²) in [6.45, 7) is 3.57. The van der Waals surface area contributed by atoms with E-state index in [1.54, 1.807) is 38.1 Å². The maximum Gasteiger partial charge on any atom is 0.299 e. The van der Waals surface area contributed by atoms with E-state index >= 15 is 0 Å². The Morgan fingerprint density at radius 1 is 0.429 bits per heavy atom. The van der Waals surface area contributed by atoms with Crippen LogP contribution in [0.15, 0.2) is 60.7 Å². The molecule has 0 aliphatic carbocycles. The topological polar surface area (TPSA) is 236 Å². The second-order valence-corrected chi connectivity index (χ2v) is 9.33. The van der Waals surface area contributed by atoms with Crippen molar-refractivity contribution in [2.24, 2.45) is 0 Å². The lowest BCUT2D eigenvalue weighted by Gasteiger charge is -2.05. The Morgan fingerprint density at radius 3 is 1.00 bits per heavy atom. The molecule has 0 unspecified atom stereocenters. The van der Waals surface area contributed by atoms with Crippen LogP contribution in [0.1, 0.15) is 11.1 Å². The molecule has 0 saturated carbocycles. The standard InChI is InChI=1S/C26H20N8O8/c1-13-7-17-18(8-14(13)2)30-22-10-20(24(32(37)38)12-26(22)34(41)42)28-16-6-4-3-5-15(16)27-19-9-21(29-17)25(33(39)40)11-23(19)31(35)36/h3-12,27-30H,1-2H3. The van der Waals surface area contributed by atoms with Gasteiger partial charge in [-0.15, -0.1) is 0 Å². The largest absolute Gasteiger partial charge is 0.348 e. The summed E-state index contributed by atoms with van der Waals surface area (Å²) in [7, 11) is 0. The molecule has 0 aliphatic rings. The van der Waals surface area contributed by atoms with Gasteiger partial charge in [-0.3, -0.25) is 40.5 Å². The highest BCUT2D eigenvalue weighted by Gasteiger charge is 2.22. The molecule has 0 saturated heterocycles. The highest BCUT2D eigenvalue weighted by molar-refractivity contribution is 5.88. The molecular weight excluding hydrogens is 552 g/mol. The average molecular weight is 572 g/mol. The van der Waals surface area contributed by atoms with Crippen molar-refractivity contribution in [3.8, 4) is 0 Å². The summed E-state index contributed by atoms with van der Waals surface area (Å²) in [6.07, 6.45) is 0. The van der Waals surface area contributed by atoms with Crippen molar-refractivity contribution in [2.75, 3.05) is 0 Å². The first kappa shape index (κ1) is 27.3. The number of non-ortho nitro benzene ring substituents is 4. The Morgan fingerprint density at radius 2 is 0.714 bits per heavy atom. The maximum atomic E-state index is 12.0. The third-order valence-corrected chi connectivity index (χ3v) is 6.65. The zero-order valence-corrected chi connectivity index (χ0v) is 21.8. The van der Waals surface area contributed by atoms with Gasteiger partial charge in [0.25, 0.3) is 22.7 Å². The van der Waals surface area contributed by atoms with E-state index in [9.17, 15) is 40.5 Å². The first-order chi connectivity index (χ1) is 19.9. The van der Waals surface area contributed by atoms with Crippen LogP contribution in [0, 0.1) is 54.3 Å². The molecule has 0 radical (unpaired) electrons. The van der Waals surface area contributed by atoms with Crippen LogP contribution in [0.5, 0.6) is 0 Å². The molecule has 0 aliphatic heterocycles.